The molecule has 0 unspecified atom stereocenters. The fourth-order valence-electron chi connectivity index (χ4n) is 0.833. The number of nitrogens with zero attached hydrogens (tertiary/aromatic N) is 1. The van der Waals surface area contributed by atoms with Crippen LogP contribution >= 0.6 is 11.6 Å². The first-order chi connectivity index (χ1) is 6.27. The normalized spacial score (nSPS) is 9.31. The number of alkyl halides is 1. The quantitative estimate of drug-likeness (QED) is 0.700. The first-order valence-electron chi connectivity index (χ1n) is 3.66. The maximum Gasteiger partial charge on any atom is 0.144 e. The Bertz CT molecular complexity index is 335. The number of ether oxygens (including phenoxy) is 1. The molecule has 0 aliphatic heterocycles. The second kappa shape index (κ2) is 4.68. The predicted molar refractivity (Wildman–Crippen MR) is 47.3 cm³/mol. The molecule has 0 spiro atoms. The molecule has 0 fully saturated rings. The first kappa shape index (κ1) is 9.82. The van der Waals surface area contributed by atoms with Crippen molar-refractivity contribution in [3.63, 3.8) is 0 Å². The van der Waals surface area contributed by atoms with Crippen molar-refractivity contribution >= 4 is 11.6 Å². The zero-order chi connectivity index (χ0) is 9.68. The lowest BCUT2D eigenvalue weighted by Gasteiger charge is -2.03. The molecule has 0 atom stereocenters. The summed E-state index contributed by atoms with van der Waals surface area (Å²) >= 11 is 5.38. The zero-order valence-electron chi connectivity index (χ0n) is 6.76. The van der Waals surface area contributed by atoms with Crippen LogP contribution in [-0.4, -0.2) is 12.5 Å². The van der Waals surface area contributed by atoms with Gasteiger partial charge in [-0.05, 0) is 12.1 Å². The van der Waals surface area contributed by atoms with E-state index < -0.39 is 5.82 Å². The number of hydrogen-bond donors (Lipinski definition) is 0. The molecule has 0 saturated heterocycles. The van der Waals surface area contributed by atoms with E-state index in [2.05, 4.69) is 0 Å². The van der Waals surface area contributed by atoms with Gasteiger partial charge in [0.05, 0.1) is 11.4 Å². The Hall–Kier alpha value is -1.27. The summed E-state index contributed by atoms with van der Waals surface area (Å²) in [4.78, 5) is 0. The van der Waals surface area contributed by atoms with Crippen LogP contribution in [0.4, 0.5) is 4.39 Å². The fraction of sp³-hybridized carbons (Fsp3) is 0.222. The highest BCUT2D eigenvalue weighted by atomic mass is 35.5. The average Bonchev–Trinajstić information content (AvgIpc) is 2.15. The smallest absolute Gasteiger partial charge is 0.144 e. The van der Waals surface area contributed by atoms with Crippen LogP contribution in [0.5, 0.6) is 5.75 Å². The molecule has 4 heteroatoms. The minimum atomic E-state index is -0.574. The number of nitriles is 1. The van der Waals surface area contributed by atoms with Gasteiger partial charge in [-0.25, -0.2) is 4.39 Å². The molecule has 0 aliphatic rings. The number of hydrogen-bond acceptors (Lipinski definition) is 2. The van der Waals surface area contributed by atoms with Gasteiger partial charge in [0, 0.05) is 6.07 Å². The lowest BCUT2D eigenvalue weighted by Crippen LogP contribution is -1.98. The summed E-state index contributed by atoms with van der Waals surface area (Å²) in [6.07, 6.45) is 0. The third-order valence-corrected chi connectivity index (χ3v) is 1.56. The molecule has 0 heterocycles. The molecular formula is C9H7ClFNO. The van der Waals surface area contributed by atoms with Crippen molar-refractivity contribution in [2.75, 3.05) is 12.5 Å². The number of halogens is 2. The van der Waals surface area contributed by atoms with Crippen molar-refractivity contribution in [2.45, 2.75) is 0 Å². The van der Waals surface area contributed by atoms with E-state index in [4.69, 9.17) is 21.6 Å². The van der Waals surface area contributed by atoms with Crippen molar-refractivity contribution in [1.82, 2.24) is 0 Å². The lowest BCUT2D eigenvalue weighted by atomic mass is 10.2. The number of benzene rings is 1. The molecule has 0 aromatic heterocycles. The van der Waals surface area contributed by atoms with Gasteiger partial charge in [-0.15, -0.1) is 11.6 Å². The van der Waals surface area contributed by atoms with Gasteiger partial charge in [-0.3, -0.25) is 0 Å². The molecule has 0 amide bonds. The van der Waals surface area contributed by atoms with Crippen LogP contribution in [0.25, 0.3) is 0 Å². The largest absolute Gasteiger partial charge is 0.492 e. The molecule has 1 aromatic rings. The highest BCUT2D eigenvalue weighted by Crippen LogP contribution is 2.15. The van der Waals surface area contributed by atoms with Crippen LogP contribution in [0.1, 0.15) is 5.56 Å². The Morgan fingerprint density at radius 1 is 1.54 bits per heavy atom. The van der Waals surface area contributed by atoms with Crippen molar-refractivity contribution < 1.29 is 9.13 Å². The minimum Gasteiger partial charge on any atom is -0.492 e. The second-order valence-electron chi connectivity index (χ2n) is 2.29. The van der Waals surface area contributed by atoms with Gasteiger partial charge in [0.2, 0.25) is 0 Å². The summed E-state index contributed by atoms with van der Waals surface area (Å²) in [6.45, 7) is 0.326. The topological polar surface area (TPSA) is 33.0 Å². The Kier molecular flexibility index (Phi) is 3.53. The summed E-state index contributed by atoms with van der Waals surface area (Å²) in [5.74, 6) is 0.161. The molecule has 0 radical (unpaired) electrons. The van der Waals surface area contributed by atoms with Crippen LogP contribution in [0.3, 0.4) is 0 Å². The summed E-state index contributed by atoms with van der Waals surface area (Å²) in [5, 5.41) is 8.43. The monoisotopic (exact) mass is 199 g/mol. The zero-order valence-corrected chi connectivity index (χ0v) is 7.51. The summed E-state index contributed by atoms with van der Waals surface area (Å²) in [7, 11) is 0. The van der Waals surface area contributed by atoms with E-state index in [1.165, 1.54) is 18.2 Å². The third kappa shape index (κ3) is 2.60. The van der Waals surface area contributed by atoms with Gasteiger partial charge in [-0.1, -0.05) is 0 Å². The standard InChI is InChI=1S/C9H7ClFNO/c10-3-4-13-8-2-1-7(6-12)9(11)5-8/h1-2,5H,3-4H2. The van der Waals surface area contributed by atoms with Crippen molar-refractivity contribution in [3.05, 3.63) is 29.6 Å². The average molecular weight is 200 g/mol. The third-order valence-electron chi connectivity index (χ3n) is 1.41. The SMILES string of the molecule is N#Cc1ccc(OCCCl)cc1F. The molecular weight excluding hydrogens is 193 g/mol. The van der Waals surface area contributed by atoms with Gasteiger partial charge in [0.15, 0.2) is 0 Å². The molecule has 0 N–H and O–H groups in total. The van der Waals surface area contributed by atoms with E-state index in [9.17, 15) is 4.39 Å². The van der Waals surface area contributed by atoms with Crippen molar-refractivity contribution in [1.29, 1.82) is 5.26 Å². The van der Waals surface area contributed by atoms with E-state index in [0.717, 1.165) is 0 Å². The maximum atomic E-state index is 12.9. The van der Waals surface area contributed by atoms with Gasteiger partial charge in [-0.2, -0.15) is 5.26 Å². The summed E-state index contributed by atoms with van der Waals surface area (Å²) < 4.78 is 18.0. The van der Waals surface area contributed by atoms with Crippen LogP contribution in [-0.2, 0) is 0 Å². The molecule has 1 rings (SSSR count). The molecule has 1 aromatic carbocycles. The summed E-state index contributed by atoms with van der Waals surface area (Å²) in [6, 6.07) is 5.80. The molecule has 0 saturated carbocycles. The highest BCUT2D eigenvalue weighted by Gasteiger charge is 2.02. The van der Waals surface area contributed by atoms with E-state index in [0.29, 0.717) is 18.2 Å². The highest BCUT2D eigenvalue weighted by molar-refractivity contribution is 6.17. The molecule has 13 heavy (non-hydrogen) atoms. The van der Waals surface area contributed by atoms with Crippen LogP contribution in [0.15, 0.2) is 18.2 Å². The van der Waals surface area contributed by atoms with E-state index in [-0.39, 0.29) is 5.56 Å². The van der Waals surface area contributed by atoms with Gasteiger partial charge < -0.3 is 4.74 Å². The Labute approximate surface area is 80.5 Å². The fourth-order valence-corrected chi connectivity index (χ4v) is 0.910. The van der Waals surface area contributed by atoms with Gasteiger partial charge in [0.1, 0.15) is 24.2 Å². The van der Waals surface area contributed by atoms with E-state index >= 15 is 0 Å². The Morgan fingerprint density at radius 2 is 2.31 bits per heavy atom. The minimum absolute atomic E-state index is 0.0122. The van der Waals surface area contributed by atoms with E-state index in [1.807, 2.05) is 0 Å². The Balaban J connectivity index is 2.79. The van der Waals surface area contributed by atoms with Crippen molar-refractivity contribution in [3.8, 4) is 11.8 Å². The second-order valence-corrected chi connectivity index (χ2v) is 2.67. The molecule has 2 nitrogen and oxygen atoms in total. The predicted octanol–water partition coefficient (Wildman–Crippen LogP) is 2.31. The van der Waals surface area contributed by atoms with E-state index in [1.54, 1.807) is 6.07 Å². The van der Waals surface area contributed by atoms with Crippen molar-refractivity contribution in [2.24, 2.45) is 0 Å². The van der Waals surface area contributed by atoms with Crippen LogP contribution in [0, 0.1) is 17.1 Å². The van der Waals surface area contributed by atoms with Crippen LogP contribution in [0.2, 0.25) is 0 Å². The summed E-state index contributed by atoms with van der Waals surface area (Å²) in [5.41, 5.74) is 0.0122. The molecule has 68 valence electrons. The van der Waals surface area contributed by atoms with Crippen LogP contribution < -0.4 is 4.74 Å². The first-order valence-corrected chi connectivity index (χ1v) is 4.20. The van der Waals surface area contributed by atoms with Gasteiger partial charge in [0.25, 0.3) is 0 Å². The Morgan fingerprint density at radius 3 is 2.85 bits per heavy atom. The molecule has 0 aliphatic carbocycles. The number of rotatable bonds is 3. The van der Waals surface area contributed by atoms with Gasteiger partial charge >= 0.3 is 0 Å². The lowest BCUT2D eigenvalue weighted by molar-refractivity contribution is 0.340. The molecule has 0 bridgehead atoms. The maximum absolute atomic E-state index is 12.9.